The van der Waals surface area contributed by atoms with E-state index >= 15 is 0 Å². The number of carbonyl (C=O) groups is 1. The van der Waals surface area contributed by atoms with Gasteiger partial charge >= 0.3 is 0 Å². The van der Waals surface area contributed by atoms with Crippen LogP contribution in [0, 0.1) is 0 Å². The summed E-state index contributed by atoms with van der Waals surface area (Å²) in [5.74, 6) is 0.169. The summed E-state index contributed by atoms with van der Waals surface area (Å²) in [5.41, 5.74) is 1.32. The number of halogens is 2. The first-order valence-electron chi connectivity index (χ1n) is 10.9. The maximum atomic E-state index is 14.0. The summed E-state index contributed by atoms with van der Waals surface area (Å²) >= 11 is 14.7. The molecule has 0 spiro atoms. The van der Waals surface area contributed by atoms with Gasteiger partial charge in [0.2, 0.25) is 5.91 Å². The molecule has 1 fully saturated rings. The molecule has 1 unspecified atom stereocenters. The second-order valence-electron chi connectivity index (χ2n) is 8.04. The lowest BCUT2D eigenvalue weighted by Gasteiger charge is -2.28. The zero-order valence-electron chi connectivity index (χ0n) is 18.9. The summed E-state index contributed by atoms with van der Waals surface area (Å²) in [6.45, 7) is 0.413. The highest BCUT2D eigenvalue weighted by Crippen LogP contribution is 2.40. The molecule has 36 heavy (non-hydrogen) atoms. The van der Waals surface area contributed by atoms with Crippen molar-refractivity contribution >= 4 is 77.2 Å². The Bertz CT molecular complexity index is 1520. The number of hydrogen-bond acceptors (Lipinski definition) is 8. The fourth-order valence-corrected chi connectivity index (χ4v) is 8.67. The number of thiazole rings is 1. The van der Waals surface area contributed by atoms with E-state index in [1.54, 1.807) is 43.8 Å². The quantitative estimate of drug-likeness (QED) is 0.287. The third kappa shape index (κ3) is 4.71. The summed E-state index contributed by atoms with van der Waals surface area (Å²) in [4.78, 5) is 24.4. The van der Waals surface area contributed by atoms with Gasteiger partial charge in [-0.05, 0) is 48.7 Å². The minimum absolute atomic E-state index is 0.113. The van der Waals surface area contributed by atoms with Gasteiger partial charge in [0.15, 0.2) is 5.13 Å². The van der Waals surface area contributed by atoms with E-state index in [4.69, 9.17) is 32.9 Å². The molecule has 13 heteroatoms. The van der Waals surface area contributed by atoms with Crippen molar-refractivity contribution in [3.63, 3.8) is 0 Å². The highest BCUT2D eigenvalue weighted by molar-refractivity contribution is 7.91. The van der Waals surface area contributed by atoms with Crippen LogP contribution in [-0.2, 0) is 21.4 Å². The Morgan fingerprint density at radius 1 is 1.22 bits per heavy atom. The first kappa shape index (κ1) is 25.4. The van der Waals surface area contributed by atoms with Crippen LogP contribution in [0.2, 0.25) is 9.36 Å². The predicted molar refractivity (Wildman–Crippen MR) is 143 cm³/mol. The number of rotatable bonds is 7. The molecule has 1 saturated heterocycles. The average Bonchev–Trinajstić information content (AvgIpc) is 3.63. The van der Waals surface area contributed by atoms with E-state index in [1.807, 2.05) is 6.07 Å². The highest BCUT2D eigenvalue weighted by atomic mass is 35.5. The van der Waals surface area contributed by atoms with Crippen LogP contribution >= 0.6 is 45.9 Å². The van der Waals surface area contributed by atoms with Crippen LogP contribution in [0.25, 0.3) is 10.2 Å². The number of carbonyl (C=O) groups excluding carboxylic acids is 1. The van der Waals surface area contributed by atoms with Crippen molar-refractivity contribution in [2.45, 2.75) is 29.6 Å². The second kappa shape index (κ2) is 10.2. The van der Waals surface area contributed by atoms with E-state index in [1.165, 1.54) is 26.6 Å². The topological polar surface area (TPSA) is 92.7 Å². The van der Waals surface area contributed by atoms with E-state index in [0.717, 1.165) is 16.9 Å². The molecular formula is C23H20Cl2N4O4S3. The molecule has 0 radical (unpaired) electrons. The number of pyridine rings is 1. The lowest BCUT2D eigenvalue weighted by atomic mass is 10.2. The molecular weight excluding hydrogens is 563 g/mol. The zero-order valence-corrected chi connectivity index (χ0v) is 22.9. The zero-order chi connectivity index (χ0) is 25.4. The monoisotopic (exact) mass is 582 g/mol. The van der Waals surface area contributed by atoms with Crippen molar-refractivity contribution in [3.05, 3.63) is 63.7 Å². The second-order valence-corrected chi connectivity index (χ2v) is 13.3. The van der Waals surface area contributed by atoms with E-state index in [2.05, 4.69) is 4.98 Å². The Morgan fingerprint density at radius 2 is 2.06 bits per heavy atom. The van der Waals surface area contributed by atoms with Crippen LogP contribution in [0.1, 0.15) is 18.4 Å². The molecule has 0 bridgehead atoms. The van der Waals surface area contributed by atoms with E-state index in [0.29, 0.717) is 43.3 Å². The van der Waals surface area contributed by atoms with Gasteiger partial charge in [0.25, 0.3) is 10.0 Å². The smallest absolute Gasteiger partial charge is 0.253 e. The van der Waals surface area contributed by atoms with Gasteiger partial charge in [-0.15, -0.1) is 11.3 Å². The van der Waals surface area contributed by atoms with Gasteiger partial charge in [-0.25, -0.2) is 13.4 Å². The molecule has 1 aromatic carbocycles. The molecule has 1 aliphatic heterocycles. The molecule has 8 nitrogen and oxygen atoms in total. The van der Waals surface area contributed by atoms with Crippen molar-refractivity contribution < 1.29 is 17.9 Å². The fourth-order valence-electron chi connectivity index (χ4n) is 4.14. The minimum atomic E-state index is -3.89. The fraction of sp³-hybridized carbons (Fsp3) is 0.261. The van der Waals surface area contributed by atoms with E-state index in [-0.39, 0.29) is 23.2 Å². The highest BCUT2D eigenvalue weighted by Gasteiger charge is 2.42. The largest absolute Gasteiger partial charge is 0.494 e. The predicted octanol–water partition coefficient (Wildman–Crippen LogP) is 5.45. The average molecular weight is 584 g/mol. The summed E-state index contributed by atoms with van der Waals surface area (Å²) in [5, 5.41) is 0.886. The molecule has 1 atom stereocenters. The SMILES string of the molecule is COc1ccc(Cl)c2sc(N(Cc3cccnc3)C(=O)C3CCCN3S(=O)(=O)c3ccc(Cl)s3)nc12. The van der Waals surface area contributed by atoms with Gasteiger partial charge in [-0.3, -0.25) is 14.7 Å². The van der Waals surface area contributed by atoms with E-state index < -0.39 is 16.1 Å². The molecule has 4 aromatic rings. The molecule has 0 N–H and O–H groups in total. The van der Waals surface area contributed by atoms with Crippen LogP contribution in [-0.4, -0.2) is 48.3 Å². The van der Waals surface area contributed by atoms with Crippen molar-refractivity contribution in [2.24, 2.45) is 0 Å². The number of anilines is 1. The first-order chi connectivity index (χ1) is 17.3. The number of sulfonamides is 1. The number of ether oxygens (including phenoxy) is 1. The lowest BCUT2D eigenvalue weighted by Crippen LogP contribution is -2.47. The summed E-state index contributed by atoms with van der Waals surface area (Å²) in [6.07, 6.45) is 4.28. The molecule has 4 heterocycles. The van der Waals surface area contributed by atoms with Crippen molar-refractivity contribution in [2.75, 3.05) is 18.6 Å². The normalized spacial score (nSPS) is 16.5. The van der Waals surface area contributed by atoms with Crippen LogP contribution in [0.5, 0.6) is 5.75 Å². The van der Waals surface area contributed by atoms with Crippen molar-refractivity contribution in [3.8, 4) is 5.75 Å². The number of nitrogens with zero attached hydrogens (tertiary/aromatic N) is 4. The number of thiophene rings is 1. The molecule has 188 valence electrons. The summed E-state index contributed by atoms with van der Waals surface area (Å²) in [6, 6.07) is 9.20. The molecule has 0 aliphatic carbocycles. The third-order valence-corrected chi connectivity index (χ3v) is 11.0. The molecule has 0 saturated carbocycles. The number of benzene rings is 1. The maximum Gasteiger partial charge on any atom is 0.253 e. The summed E-state index contributed by atoms with van der Waals surface area (Å²) in [7, 11) is -2.35. The van der Waals surface area contributed by atoms with Gasteiger partial charge in [0, 0.05) is 18.9 Å². The number of hydrogen-bond donors (Lipinski definition) is 0. The number of aromatic nitrogens is 2. The Morgan fingerprint density at radius 3 is 2.75 bits per heavy atom. The van der Waals surface area contributed by atoms with Crippen molar-refractivity contribution in [1.82, 2.24) is 14.3 Å². The number of amides is 1. The Labute approximate surface area is 226 Å². The van der Waals surface area contributed by atoms with Gasteiger partial charge in [0.05, 0.1) is 27.7 Å². The van der Waals surface area contributed by atoms with Crippen LogP contribution < -0.4 is 9.64 Å². The van der Waals surface area contributed by atoms with Crippen LogP contribution in [0.15, 0.2) is 53.0 Å². The molecule has 3 aromatic heterocycles. The Hall–Kier alpha value is -2.28. The minimum Gasteiger partial charge on any atom is -0.494 e. The maximum absolute atomic E-state index is 14.0. The molecule has 5 rings (SSSR count). The number of fused-ring (bicyclic) bond motifs is 1. The Kier molecular flexibility index (Phi) is 7.21. The van der Waals surface area contributed by atoms with Crippen LogP contribution in [0.4, 0.5) is 5.13 Å². The molecule has 1 amide bonds. The third-order valence-electron chi connectivity index (χ3n) is 5.83. The standard InChI is InChI=1S/C23H20Cl2N4O4S3/c1-33-17-7-6-15(24)21-20(17)27-23(35-21)28(13-14-4-2-10-26-12-14)22(30)16-5-3-11-29(16)36(31,32)19-9-8-18(25)34-19/h2,4,6-10,12,16H,3,5,11,13H2,1H3. The van der Waals surface area contributed by atoms with Gasteiger partial charge < -0.3 is 4.74 Å². The lowest BCUT2D eigenvalue weighted by molar-refractivity contribution is -0.121. The van der Waals surface area contributed by atoms with Gasteiger partial charge in [-0.1, -0.05) is 40.6 Å². The number of methoxy groups -OCH3 is 1. The van der Waals surface area contributed by atoms with E-state index in [9.17, 15) is 13.2 Å². The van der Waals surface area contributed by atoms with Gasteiger partial charge in [-0.2, -0.15) is 4.31 Å². The Balaban J connectivity index is 1.56. The first-order valence-corrected chi connectivity index (χ1v) is 14.7. The van der Waals surface area contributed by atoms with Crippen LogP contribution in [0.3, 0.4) is 0 Å². The van der Waals surface area contributed by atoms with Gasteiger partial charge in [0.1, 0.15) is 21.5 Å². The molecule has 1 aliphatic rings. The summed E-state index contributed by atoms with van der Waals surface area (Å²) < 4.78 is 34.7. The van der Waals surface area contributed by atoms with Crippen molar-refractivity contribution in [1.29, 1.82) is 0 Å².